The summed E-state index contributed by atoms with van der Waals surface area (Å²) in [5.74, 6) is 0. The Morgan fingerprint density at radius 3 is 1.70 bits per heavy atom. The van der Waals surface area contributed by atoms with Crippen LogP contribution in [0.2, 0.25) is 0 Å². The molecule has 0 aliphatic carbocycles. The van der Waals surface area contributed by atoms with Crippen LogP contribution in [0, 0.1) is 13.8 Å². The van der Waals surface area contributed by atoms with Crippen LogP contribution in [0.15, 0.2) is 48.5 Å². The summed E-state index contributed by atoms with van der Waals surface area (Å²) >= 11 is 0. The van der Waals surface area contributed by atoms with E-state index in [-0.39, 0.29) is 0 Å². The standard InChI is InChI=1S/C19H25N/c1-5-19(18-12-8-15(3)9-13-18)20-16(4)17-10-6-14(2)7-11-17/h6-13,16,19-20H,5H2,1-4H3/t16-,19?/m1/s1. The third-order valence-corrected chi connectivity index (χ3v) is 3.92. The van der Waals surface area contributed by atoms with Crippen molar-refractivity contribution in [3.05, 3.63) is 70.8 Å². The van der Waals surface area contributed by atoms with Crippen LogP contribution >= 0.6 is 0 Å². The van der Waals surface area contributed by atoms with E-state index >= 15 is 0 Å². The molecular weight excluding hydrogens is 242 g/mol. The average Bonchev–Trinajstić information content (AvgIpc) is 2.46. The van der Waals surface area contributed by atoms with Gasteiger partial charge in [0.25, 0.3) is 0 Å². The third kappa shape index (κ3) is 3.71. The highest BCUT2D eigenvalue weighted by molar-refractivity contribution is 5.26. The molecule has 0 amide bonds. The maximum absolute atomic E-state index is 3.74. The molecule has 0 radical (unpaired) electrons. The fourth-order valence-electron chi connectivity index (χ4n) is 2.50. The lowest BCUT2D eigenvalue weighted by Gasteiger charge is -2.23. The van der Waals surface area contributed by atoms with E-state index in [9.17, 15) is 0 Å². The van der Waals surface area contributed by atoms with Gasteiger partial charge in [0.05, 0.1) is 0 Å². The summed E-state index contributed by atoms with van der Waals surface area (Å²) in [4.78, 5) is 0. The molecule has 0 fully saturated rings. The molecule has 106 valence electrons. The van der Waals surface area contributed by atoms with Gasteiger partial charge in [-0.3, -0.25) is 0 Å². The minimum Gasteiger partial charge on any atom is -0.303 e. The highest BCUT2D eigenvalue weighted by atomic mass is 14.9. The Morgan fingerprint density at radius 1 is 0.800 bits per heavy atom. The van der Waals surface area contributed by atoms with E-state index in [0.717, 1.165) is 6.42 Å². The minimum absolute atomic E-state index is 0.363. The number of hydrogen-bond donors (Lipinski definition) is 1. The molecule has 1 nitrogen and oxygen atoms in total. The van der Waals surface area contributed by atoms with Crippen LogP contribution in [0.25, 0.3) is 0 Å². The van der Waals surface area contributed by atoms with Gasteiger partial charge in [0.2, 0.25) is 0 Å². The van der Waals surface area contributed by atoms with E-state index in [1.54, 1.807) is 0 Å². The van der Waals surface area contributed by atoms with Crippen molar-refractivity contribution in [2.75, 3.05) is 0 Å². The van der Waals surface area contributed by atoms with Crippen LogP contribution in [0.4, 0.5) is 0 Å². The summed E-state index contributed by atoms with van der Waals surface area (Å²) in [6.45, 7) is 8.73. The molecule has 2 atom stereocenters. The van der Waals surface area contributed by atoms with E-state index in [1.807, 2.05) is 0 Å². The van der Waals surface area contributed by atoms with Gasteiger partial charge in [0.1, 0.15) is 0 Å². The molecule has 2 aromatic rings. The van der Waals surface area contributed by atoms with Crippen molar-refractivity contribution in [1.82, 2.24) is 5.32 Å². The van der Waals surface area contributed by atoms with Crippen molar-refractivity contribution < 1.29 is 0 Å². The van der Waals surface area contributed by atoms with Crippen molar-refractivity contribution in [3.8, 4) is 0 Å². The molecule has 20 heavy (non-hydrogen) atoms. The Bertz CT molecular complexity index is 525. The van der Waals surface area contributed by atoms with Crippen molar-refractivity contribution in [2.45, 2.75) is 46.2 Å². The Hall–Kier alpha value is -1.60. The summed E-state index contributed by atoms with van der Waals surface area (Å²) in [6, 6.07) is 18.4. The molecule has 0 aliphatic heterocycles. The van der Waals surface area contributed by atoms with Gasteiger partial charge in [0, 0.05) is 12.1 Å². The van der Waals surface area contributed by atoms with E-state index in [4.69, 9.17) is 0 Å². The lowest BCUT2D eigenvalue weighted by Crippen LogP contribution is -2.24. The molecule has 0 aliphatic rings. The second-order valence-electron chi connectivity index (χ2n) is 5.67. The summed E-state index contributed by atoms with van der Waals surface area (Å²) in [5, 5.41) is 3.74. The first kappa shape index (κ1) is 14.8. The van der Waals surface area contributed by atoms with E-state index in [1.165, 1.54) is 22.3 Å². The maximum Gasteiger partial charge on any atom is 0.0323 e. The van der Waals surface area contributed by atoms with Gasteiger partial charge in [-0.05, 0) is 38.3 Å². The van der Waals surface area contributed by atoms with Crippen LogP contribution in [0.3, 0.4) is 0 Å². The predicted molar refractivity (Wildman–Crippen MR) is 86.9 cm³/mol. The molecule has 0 heterocycles. The van der Waals surface area contributed by atoms with E-state index in [0.29, 0.717) is 12.1 Å². The lowest BCUT2D eigenvalue weighted by molar-refractivity contribution is 0.456. The minimum atomic E-state index is 0.363. The van der Waals surface area contributed by atoms with Crippen molar-refractivity contribution in [1.29, 1.82) is 0 Å². The summed E-state index contributed by atoms with van der Waals surface area (Å²) in [7, 11) is 0. The van der Waals surface area contributed by atoms with Crippen LogP contribution in [0.1, 0.15) is 54.6 Å². The van der Waals surface area contributed by atoms with Crippen LogP contribution in [-0.4, -0.2) is 0 Å². The predicted octanol–water partition coefficient (Wildman–Crippen LogP) is 5.11. The van der Waals surface area contributed by atoms with Crippen molar-refractivity contribution in [2.24, 2.45) is 0 Å². The van der Waals surface area contributed by atoms with Crippen LogP contribution in [0.5, 0.6) is 0 Å². The first-order chi connectivity index (χ1) is 9.60. The third-order valence-electron chi connectivity index (χ3n) is 3.92. The number of nitrogens with one attached hydrogen (secondary N) is 1. The zero-order valence-corrected chi connectivity index (χ0v) is 13.0. The topological polar surface area (TPSA) is 12.0 Å². The average molecular weight is 267 g/mol. The smallest absolute Gasteiger partial charge is 0.0323 e. The van der Waals surface area contributed by atoms with Crippen LogP contribution < -0.4 is 5.32 Å². The molecular formula is C19H25N. The first-order valence-corrected chi connectivity index (χ1v) is 7.49. The second kappa shape index (κ2) is 6.71. The molecule has 2 aromatic carbocycles. The molecule has 1 N–H and O–H groups in total. The number of rotatable bonds is 5. The van der Waals surface area contributed by atoms with Gasteiger partial charge >= 0.3 is 0 Å². The van der Waals surface area contributed by atoms with E-state index < -0.39 is 0 Å². The monoisotopic (exact) mass is 267 g/mol. The van der Waals surface area contributed by atoms with Gasteiger partial charge in [-0.2, -0.15) is 0 Å². The normalized spacial score (nSPS) is 14.0. The SMILES string of the molecule is CCC(N[C@H](C)c1ccc(C)cc1)c1ccc(C)cc1. The zero-order valence-electron chi connectivity index (χ0n) is 13.0. The zero-order chi connectivity index (χ0) is 14.5. The van der Waals surface area contributed by atoms with Gasteiger partial charge in [0.15, 0.2) is 0 Å². The van der Waals surface area contributed by atoms with Gasteiger partial charge < -0.3 is 5.32 Å². The summed E-state index contributed by atoms with van der Waals surface area (Å²) < 4.78 is 0. The largest absolute Gasteiger partial charge is 0.303 e. The van der Waals surface area contributed by atoms with Gasteiger partial charge in [-0.15, -0.1) is 0 Å². The number of benzene rings is 2. The summed E-state index contributed by atoms with van der Waals surface area (Å²) in [5.41, 5.74) is 5.35. The van der Waals surface area contributed by atoms with E-state index in [2.05, 4.69) is 81.5 Å². The van der Waals surface area contributed by atoms with Crippen LogP contribution in [-0.2, 0) is 0 Å². The fourth-order valence-corrected chi connectivity index (χ4v) is 2.50. The Kier molecular flexibility index (Phi) is 4.97. The molecule has 1 unspecified atom stereocenters. The molecule has 1 heteroatoms. The Morgan fingerprint density at radius 2 is 1.25 bits per heavy atom. The molecule has 0 spiro atoms. The highest BCUT2D eigenvalue weighted by Crippen LogP contribution is 2.22. The quantitative estimate of drug-likeness (QED) is 0.794. The number of hydrogen-bond acceptors (Lipinski definition) is 1. The Balaban J connectivity index is 2.09. The first-order valence-electron chi connectivity index (χ1n) is 7.49. The van der Waals surface area contributed by atoms with Gasteiger partial charge in [-0.1, -0.05) is 66.6 Å². The summed E-state index contributed by atoms with van der Waals surface area (Å²) in [6.07, 6.45) is 1.10. The molecule has 0 saturated heterocycles. The molecule has 0 bridgehead atoms. The van der Waals surface area contributed by atoms with Crippen molar-refractivity contribution in [3.63, 3.8) is 0 Å². The Labute approximate surface area is 123 Å². The molecule has 0 aromatic heterocycles. The lowest BCUT2D eigenvalue weighted by atomic mass is 10.00. The fraction of sp³-hybridized carbons (Fsp3) is 0.368. The van der Waals surface area contributed by atoms with Crippen molar-refractivity contribution >= 4 is 0 Å². The maximum atomic E-state index is 3.74. The second-order valence-corrected chi connectivity index (χ2v) is 5.67. The molecule has 0 saturated carbocycles. The number of aryl methyl sites for hydroxylation is 2. The molecule has 2 rings (SSSR count). The highest BCUT2D eigenvalue weighted by Gasteiger charge is 2.13. The van der Waals surface area contributed by atoms with Gasteiger partial charge in [-0.25, -0.2) is 0 Å².